The maximum atomic E-state index is 13.3. The number of amides is 1. The van der Waals surface area contributed by atoms with Crippen molar-refractivity contribution in [3.63, 3.8) is 0 Å². The Morgan fingerprint density at radius 2 is 1.89 bits per heavy atom. The van der Waals surface area contributed by atoms with Gasteiger partial charge in [0.15, 0.2) is 0 Å². The number of ether oxygens (including phenoxy) is 1. The molecule has 1 N–H and O–H groups in total. The molecular formula is C28H33N3O3S. The van der Waals surface area contributed by atoms with E-state index in [4.69, 9.17) is 9.26 Å². The Kier molecular flexibility index (Phi) is 7.72. The largest absolute Gasteiger partial charge is 0.474 e. The summed E-state index contributed by atoms with van der Waals surface area (Å²) in [7, 11) is 0. The number of hydrogen-bond donors (Lipinski definition) is 1. The fourth-order valence-electron chi connectivity index (χ4n) is 5.58. The van der Waals surface area contributed by atoms with Crippen molar-refractivity contribution >= 4 is 17.7 Å². The third-order valence-electron chi connectivity index (χ3n) is 7.34. The first-order valence-corrected chi connectivity index (χ1v) is 13.5. The van der Waals surface area contributed by atoms with E-state index in [2.05, 4.69) is 22.4 Å². The summed E-state index contributed by atoms with van der Waals surface area (Å²) >= 11 is 1.44. The van der Waals surface area contributed by atoms with Crippen molar-refractivity contribution in [3.8, 4) is 5.88 Å². The average molecular weight is 492 g/mol. The third kappa shape index (κ3) is 6.07. The van der Waals surface area contributed by atoms with Gasteiger partial charge in [-0.1, -0.05) is 55.3 Å². The molecule has 1 amide bonds. The van der Waals surface area contributed by atoms with Gasteiger partial charge in [0.1, 0.15) is 4.90 Å². The van der Waals surface area contributed by atoms with Crippen molar-refractivity contribution in [2.24, 2.45) is 17.8 Å². The number of aromatic nitrogens is 2. The second-order valence-corrected chi connectivity index (χ2v) is 11.0. The van der Waals surface area contributed by atoms with E-state index in [1.807, 2.05) is 48.5 Å². The van der Waals surface area contributed by atoms with Crippen molar-refractivity contribution in [2.45, 2.75) is 67.7 Å². The molecule has 2 aromatic heterocycles. The molecule has 3 atom stereocenters. The lowest BCUT2D eigenvalue weighted by Gasteiger charge is -2.41. The van der Waals surface area contributed by atoms with Gasteiger partial charge in [-0.25, -0.2) is 0 Å². The molecule has 2 heterocycles. The maximum absolute atomic E-state index is 13.3. The van der Waals surface area contributed by atoms with E-state index in [9.17, 15) is 4.79 Å². The van der Waals surface area contributed by atoms with Gasteiger partial charge in [-0.2, -0.15) is 0 Å². The normalized spacial score (nSPS) is 22.4. The van der Waals surface area contributed by atoms with Crippen molar-refractivity contribution in [2.75, 3.05) is 6.61 Å². The fraction of sp³-hybridized carbons (Fsp3) is 0.464. The summed E-state index contributed by atoms with van der Waals surface area (Å²) in [5, 5.41) is 7.36. The Morgan fingerprint density at radius 1 is 1.11 bits per heavy atom. The van der Waals surface area contributed by atoms with Crippen LogP contribution < -0.4 is 10.1 Å². The molecule has 0 aliphatic heterocycles. The van der Waals surface area contributed by atoms with Crippen molar-refractivity contribution < 1.29 is 14.1 Å². The molecule has 5 rings (SSSR count). The number of fused-ring (bicyclic) bond motifs is 2. The number of rotatable bonds is 9. The molecule has 3 unspecified atom stereocenters. The molecule has 2 fully saturated rings. The highest BCUT2D eigenvalue weighted by atomic mass is 32.2. The SMILES string of the molecule is CC(NC(=O)c1onc(OCCc2ccccn2)c1Sc1ccccc1)C1CC2CCCC(C2)C1. The summed E-state index contributed by atoms with van der Waals surface area (Å²) in [6.07, 6.45) is 10.3. The maximum Gasteiger partial charge on any atom is 0.291 e. The minimum Gasteiger partial charge on any atom is -0.474 e. The Hall–Kier alpha value is -2.80. The molecule has 2 aliphatic carbocycles. The van der Waals surface area contributed by atoms with E-state index < -0.39 is 0 Å². The number of pyridine rings is 1. The smallest absolute Gasteiger partial charge is 0.291 e. The van der Waals surface area contributed by atoms with Gasteiger partial charge in [0, 0.05) is 29.2 Å². The first kappa shape index (κ1) is 23.9. The molecule has 6 nitrogen and oxygen atoms in total. The summed E-state index contributed by atoms with van der Waals surface area (Å²) in [5.74, 6) is 2.50. The van der Waals surface area contributed by atoms with Gasteiger partial charge in [0.05, 0.1) is 6.61 Å². The highest BCUT2D eigenvalue weighted by molar-refractivity contribution is 7.99. The zero-order valence-electron chi connectivity index (χ0n) is 20.2. The summed E-state index contributed by atoms with van der Waals surface area (Å²) in [6, 6.07) is 15.8. The fourth-order valence-corrected chi connectivity index (χ4v) is 6.51. The molecule has 2 bridgehead atoms. The lowest BCUT2D eigenvalue weighted by Crippen LogP contribution is -2.42. The van der Waals surface area contributed by atoms with E-state index in [0.29, 0.717) is 29.7 Å². The summed E-state index contributed by atoms with van der Waals surface area (Å²) in [4.78, 5) is 19.3. The molecule has 3 aromatic rings. The second-order valence-electron chi connectivity index (χ2n) is 9.87. The number of hydrogen-bond acceptors (Lipinski definition) is 6. The van der Waals surface area contributed by atoms with Gasteiger partial charge in [-0.15, -0.1) is 0 Å². The summed E-state index contributed by atoms with van der Waals surface area (Å²) < 4.78 is 11.5. The minimum atomic E-state index is -0.223. The molecule has 2 aliphatic rings. The molecule has 0 spiro atoms. The van der Waals surface area contributed by atoms with E-state index in [1.165, 1.54) is 50.3 Å². The zero-order valence-corrected chi connectivity index (χ0v) is 21.0. The molecule has 0 saturated heterocycles. The van der Waals surface area contributed by atoms with Gasteiger partial charge >= 0.3 is 0 Å². The van der Waals surface area contributed by atoms with E-state index in [-0.39, 0.29) is 17.7 Å². The van der Waals surface area contributed by atoms with E-state index >= 15 is 0 Å². The Balaban J connectivity index is 1.28. The number of nitrogens with one attached hydrogen (secondary N) is 1. The van der Waals surface area contributed by atoms with Crippen LogP contribution in [0.4, 0.5) is 0 Å². The predicted octanol–water partition coefficient (Wildman–Crippen LogP) is 6.18. The van der Waals surface area contributed by atoms with Crippen LogP contribution in [0.5, 0.6) is 5.88 Å². The molecule has 1 aromatic carbocycles. The first-order chi connectivity index (χ1) is 17.2. The van der Waals surface area contributed by atoms with Crippen LogP contribution in [-0.2, 0) is 6.42 Å². The van der Waals surface area contributed by atoms with Crippen molar-refractivity contribution in [3.05, 3.63) is 66.2 Å². The minimum absolute atomic E-state index is 0.0964. The van der Waals surface area contributed by atoms with Crippen LogP contribution in [0.3, 0.4) is 0 Å². The summed E-state index contributed by atoms with van der Waals surface area (Å²) in [5.41, 5.74) is 0.942. The number of nitrogens with zero attached hydrogens (tertiary/aromatic N) is 2. The van der Waals surface area contributed by atoms with Crippen LogP contribution in [0.2, 0.25) is 0 Å². The van der Waals surface area contributed by atoms with Gasteiger partial charge < -0.3 is 14.6 Å². The van der Waals surface area contributed by atoms with Gasteiger partial charge in [0.25, 0.3) is 11.8 Å². The monoisotopic (exact) mass is 491 g/mol. The van der Waals surface area contributed by atoms with Gasteiger partial charge in [-0.3, -0.25) is 9.78 Å². The quantitative estimate of drug-likeness (QED) is 0.385. The van der Waals surface area contributed by atoms with Crippen molar-refractivity contribution in [1.29, 1.82) is 0 Å². The van der Waals surface area contributed by atoms with Crippen LogP contribution in [0.25, 0.3) is 0 Å². The van der Waals surface area contributed by atoms with Gasteiger partial charge in [0.2, 0.25) is 5.76 Å². The molecule has 0 radical (unpaired) electrons. The Bertz CT molecular complexity index is 1090. The molecule has 35 heavy (non-hydrogen) atoms. The zero-order chi connectivity index (χ0) is 24.0. The van der Waals surface area contributed by atoms with Crippen LogP contribution in [0.15, 0.2) is 69.0 Å². The van der Waals surface area contributed by atoms with Crippen LogP contribution in [0, 0.1) is 17.8 Å². The lowest BCUT2D eigenvalue weighted by atomic mass is 9.66. The predicted molar refractivity (Wildman–Crippen MR) is 136 cm³/mol. The van der Waals surface area contributed by atoms with E-state index in [1.54, 1.807) is 6.20 Å². The number of carbonyl (C=O) groups is 1. The number of benzene rings is 1. The molecular weight excluding hydrogens is 458 g/mol. The lowest BCUT2D eigenvalue weighted by molar-refractivity contribution is 0.0818. The Morgan fingerprint density at radius 3 is 2.63 bits per heavy atom. The average Bonchev–Trinajstić information content (AvgIpc) is 3.27. The standard InChI is InChI=1S/C28H33N3O3S/c1-19(22-17-20-8-7-9-21(16-20)18-22)30-27(32)25-26(35-24-11-3-2-4-12-24)28(31-34-25)33-15-13-23-10-5-6-14-29-23/h2-6,10-12,14,19-22H,7-9,13,15-18H2,1H3,(H,30,32). The third-order valence-corrected chi connectivity index (χ3v) is 8.41. The topological polar surface area (TPSA) is 77.2 Å². The highest BCUT2D eigenvalue weighted by Crippen LogP contribution is 2.44. The second kappa shape index (κ2) is 11.3. The number of carbonyl (C=O) groups excluding carboxylic acids is 1. The van der Waals surface area contributed by atoms with Crippen LogP contribution >= 0.6 is 11.8 Å². The highest BCUT2D eigenvalue weighted by Gasteiger charge is 2.35. The van der Waals surface area contributed by atoms with Crippen LogP contribution in [0.1, 0.15) is 61.7 Å². The van der Waals surface area contributed by atoms with Gasteiger partial charge in [-0.05, 0) is 73.4 Å². The van der Waals surface area contributed by atoms with E-state index in [0.717, 1.165) is 22.4 Å². The van der Waals surface area contributed by atoms with Crippen molar-refractivity contribution in [1.82, 2.24) is 15.5 Å². The summed E-state index contributed by atoms with van der Waals surface area (Å²) in [6.45, 7) is 2.53. The first-order valence-electron chi connectivity index (χ1n) is 12.7. The molecule has 7 heteroatoms. The van der Waals surface area contributed by atoms with Crippen LogP contribution in [-0.4, -0.2) is 28.7 Å². The molecule has 2 saturated carbocycles. The Labute approximate surface area is 211 Å². The molecule has 184 valence electrons.